The van der Waals surface area contributed by atoms with Crippen LogP contribution in [0.15, 0.2) is 36.5 Å². The fourth-order valence-electron chi connectivity index (χ4n) is 2.90. The molecule has 7 heteroatoms. The van der Waals surface area contributed by atoms with Gasteiger partial charge in [-0.05, 0) is 42.3 Å². The lowest BCUT2D eigenvalue weighted by atomic mass is 10.1. The van der Waals surface area contributed by atoms with E-state index in [1.54, 1.807) is 24.7 Å². The maximum atomic E-state index is 14.1. The molecule has 5 nitrogen and oxygen atoms in total. The molecule has 26 heavy (non-hydrogen) atoms. The Morgan fingerprint density at radius 2 is 1.92 bits per heavy atom. The van der Waals surface area contributed by atoms with Crippen LogP contribution in [0.4, 0.5) is 14.5 Å². The number of aromatic nitrogens is 1. The van der Waals surface area contributed by atoms with Crippen molar-refractivity contribution in [2.75, 3.05) is 5.32 Å². The molecule has 0 aliphatic heterocycles. The van der Waals surface area contributed by atoms with Crippen molar-refractivity contribution in [3.8, 4) is 0 Å². The molecule has 0 unspecified atom stereocenters. The van der Waals surface area contributed by atoms with Gasteiger partial charge < -0.3 is 15.0 Å². The molecule has 0 aliphatic carbocycles. The summed E-state index contributed by atoms with van der Waals surface area (Å²) < 4.78 is 29.1. The SMILES string of the molecule is Cc1cc(CC(=O)O)c(F)cc1NC(=O)c1cn(C)c2cc(F)ccc12. The third-order valence-corrected chi connectivity index (χ3v) is 4.18. The van der Waals surface area contributed by atoms with E-state index in [4.69, 9.17) is 5.11 Å². The smallest absolute Gasteiger partial charge is 0.307 e. The highest BCUT2D eigenvalue weighted by Gasteiger charge is 2.17. The number of anilines is 1. The summed E-state index contributed by atoms with van der Waals surface area (Å²) in [5.74, 6) is -2.70. The number of aryl methyl sites for hydroxylation is 2. The topological polar surface area (TPSA) is 71.3 Å². The zero-order valence-corrected chi connectivity index (χ0v) is 14.1. The Morgan fingerprint density at radius 3 is 2.62 bits per heavy atom. The van der Waals surface area contributed by atoms with Crippen LogP contribution in [0.25, 0.3) is 10.9 Å². The Kier molecular flexibility index (Phi) is 4.46. The van der Waals surface area contributed by atoms with Crippen molar-refractivity contribution in [3.63, 3.8) is 0 Å². The first-order valence-electron chi connectivity index (χ1n) is 7.83. The van der Waals surface area contributed by atoms with Crippen LogP contribution >= 0.6 is 0 Å². The van der Waals surface area contributed by atoms with Gasteiger partial charge in [-0.1, -0.05) is 6.07 Å². The van der Waals surface area contributed by atoms with Gasteiger partial charge in [-0.2, -0.15) is 0 Å². The highest BCUT2D eigenvalue weighted by atomic mass is 19.1. The molecule has 3 rings (SSSR count). The molecule has 0 bridgehead atoms. The Bertz CT molecular complexity index is 1040. The van der Waals surface area contributed by atoms with Gasteiger partial charge in [-0.15, -0.1) is 0 Å². The van der Waals surface area contributed by atoms with Gasteiger partial charge in [0.05, 0.1) is 17.5 Å². The summed E-state index contributed by atoms with van der Waals surface area (Å²) in [6.07, 6.45) is 1.14. The molecule has 134 valence electrons. The second-order valence-electron chi connectivity index (χ2n) is 6.10. The number of carboxylic acid groups (broad SMARTS) is 1. The van der Waals surface area contributed by atoms with Gasteiger partial charge in [0.15, 0.2) is 0 Å². The molecule has 0 aliphatic rings. The van der Waals surface area contributed by atoms with E-state index in [0.717, 1.165) is 6.07 Å². The molecule has 0 fully saturated rings. The fourth-order valence-corrected chi connectivity index (χ4v) is 2.90. The van der Waals surface area contributed by atoms with Gasteiger partial charge in [-0.25, -0.2) is 8.78 Å². The quantitative estimate of drug-likeness (QED) is 0.748. The number of halogens is 2. The molecule has 1 amide bonds. The Morgan fingerprint density at radius 1 is 1.19 bits per heavy atom. The van der Waals surface area contributed by atoms with E-state index in [0.29, 0.717) is 22.0 Å². The standard InChI is InChI=1S/C19H16F2N2O3/c1-10-5-11(6-18(24)25)15(21)8-16(10)22-19(26)14-9-23(2)17-7-12(20)3-4-13(14)17/h3-5,7-9H,6H2,1-2H3,(H,22,26)(H,24,25). The summed E-state index contributed by atoms with van der Waals surface area (Å²) in [7, 11) is 1.70. The molecule has 0 spiro atoms. The van der Waals surface area contributed by atoms with Gasteiger partial charge in [0.2, 0.25) is 0 Å². The van der Waals surface area contributed by atoms with Crippen molar-refractivity contribution >= 4 is 28.5 Å². The summed E-state index contributed by atoms with van der Waals surface area (Å²) in [5.41, 5.74) is 1.74. The van der Waals surface area contributed by atoms with Crippen molar-refractivity contribution < 1.29 is 23.5 Å². The predicted molar refractivity (Wildman–Crippen MR) is 93.3 cm³/mol. The first kappa shape index (κ1) is 17.6. The number of nitrogens with zero attached hydrogens (tertiary/aromatic N) is 1. The van der Waals surface area contributed by atoms with Crippen LogP contribution in [0.1, 0.15) is 21.5 Å². The molecule has 0 saturated carbocycles. The third kappa shape index (κ3) is 3.28. The van der Waals surface area contributed by atoms with E-state index < -0.39 is 29.9 Å². The highest BCUT2D eigenvalue weighted by Crippen LogP contribution is 2.25. The number of amides is 1. The molecular formula is C19H16F2N2O3. The minimum absolute atomic E-state index is 0.0497. The number of carbonyl (C=O) groups excluding carboxylic acids is 1. The Labute approximate surface area is 147 Å². The van der Waals surface area contributed by atoms with Crippen LogP contribution in [0.3, 0.4) is 0 Å². The Balaban J connectivity index is 1.94. The number of rotatable bonds is 4. The lowest BCUT2D eigenvalue weighted by Crippen LogP contribution is -2.13. The first-order chi connectivity index (χ1) is 12.3. The summed E-state index contributed by atoms with van der Waals surface area (Å²) >= 11 is 0. The average Bonchev–Trinajstić information content (AvgIpc) is 2.88. The molecule has 0 atom stereocenters. The maximum absolute atomic E-state index is 14.1. The highest BCUT2D eigenvalue weighted by molar-refractivity contribution is 6.13. The first-order valence-corrected chi connectivity index (χ1v) is 7.83. The lowest BCUT2D eigenvalue weighted by Gasteiger charge is -2.10. The Hall–Kier alpha value is -3.22. The monoisotopic (exact) mass is 358 g/mol. The van der Waals surface area contributed by atoms with Crippen LogP contribution in [0.5, 0.6) is 0 Å². The maximum Gasteiger partial charge on any atom is 0.307 e. The van der Waals surface area contributed by atoms with Gasteiger partial charge in [0.25, 0.3) is 5.91 Å². The van der Waals surface area contributed by atoms with Gasteiger partial charge in [0.1, 0.15) is 11.6 Å². The predicted octanol–water partition coefficient (Wildman–Crippen LogP) is 3.64. The average molecular weight is 358 g/mol. The van der Waals surface area contributed by atoms with Crippen molar-refractivity contribution in [1.82, 2.24) is 4.57 Å². The third-order valence-electron chi connectivity index (χ3n) is 4.18. The van der Waals surface area contributed by atoms with E-state index in [2.05, 4.69) is 5.32 Å². The number of hydrogen-bond acceptors (Lipinski definition) is 2. The fraction of sp³-hybridized carbons (Fsp3) is 0.158. The second-order valence-corrected chi connectivity index (χ2v) is 6.10. The van der Waals surface area contributed by atoms with Gasteiger partial charge in [-0.3, -0.25) is 9.59 Å². The van der Waals surface area contributed by atoms with Crippen molar-refractivity contribution in [3.05, 3.63) is 64.9 Å². The minimum Gasteiger partial charge on any atom is -0.481 e. The zero-order chi connectivity index (χ0) is 19.0. The van der Waals surface area contributed by atoms with Crippen LogP contribution in [-0.4, -0.2) is 21.6 Å². The molecular weight excluding hydrogens is 342 g/mol. The van der Waals surface area contributed by atoms with Crippen molar-refractivity contribution in [2.45, 2.75) is 13.3 Å². The molecule has 0 saturated heterocycles. The van der Waals surface area contributed by atoms with Crippen molar-refractivity contribution in [1.29, 1.82) is 0 Å². The second kappa shape index (κ2) is 6.59. The number of aliphatic carboxylic acids is 1. The summed E-state index contributed by atoms with van der Waals surface area (Å²) in [6, 6.07) is 6.62. The number of nitrogens with one attached hydrogen (secondary N) is 1. The lowest BCUT2D eigenvalue weighted by molar-refractivity contribution is -0.136. The van der Waals surface area contributed by atoms with Crippen LogP contribution < -0.4 is 5.32 Å². The molecule has 1 heterocycles. The van der Waals surface area contributed by atoms with Crippen LogP contribution in [0.2, 0.25) is 0 Å². The summed E-state index contributed by atoms with van der Waals surface area (Å²) in [4.78, 5) is 23.4. The van der Waals surface area contributed by atoms with E-state index in [1.165, 1.54) is 24.3 Å². The van der Waals surface area contributed by atoms with E-state index >= 15 is 0 Å². The molecule has 2 aromatic carbocycles. The largest absolute Gasteiger partial charge is 0.481 e. The minimum atomic E-state index is -1.14. The van der Waals surface area contributed by atoms with Crippen LogP contribution in [0, 0.1) is 18.6 Å². The van der Waals surface area contributed by atoms with E-state index in [9.17, 15) is 18.4 Å². The number of carbonyl (C=O) groups is 2. The zero-order valence-electron chi connectivity index (χ0n) is 14.1. The number of fused-ring (bicyclic) bond motifs is 1. The number of hydrogen-bond donors (Lipinski definition) is 2. The molecule has 2 N–H and O–H groups in total. The number of carboxylic acids is 1. The van der Waals surface area contributed by atoms with E-state index in [1.807, 2.05) is 0 Å². The van der Waals surface area contributed by atoms with Crippen molar-refractivity contribution in [2.24, 2.45) is 7.05 Å². The molecule has 0 radical (unpaired) electrons. The summed E-state index contributed by atoms with van der Waals surface area (Å²) in [6.45, 7) is 1.65. The molecule has 1 aromatic heterocycles. The normalized spacial score (nSPS) is 10.9. The van der Waals surface area contributed by atoms with Crippen LogP contribution in [-0.2, 0) is 18.3 Å². The number of benzene rings is 2. The molecule has 3 aromatic rings. The van der Waals surface area contributed by atoms with E-state index in [-0.39, 0.29) is 11.3 Å². The van der Waals surface area contributed by atoms with Gasteiger partial charge in [0, 0.05) is 24.3 Å². The summed E-state index contributed by atoms with van der Waals surface area (Å²) in [5, 5.41) is 12.0. The van der Waals surface area contributed by atoms with Gasteiger partial charge >= 0.3 is 5.97 Å².